The molecule has 0 bridgehead atoms. The molecule has 0 radical (unpaired) electrons. The molecule has 3 aromatic carbocycles. The van der Waals surface area contributed by atoms with Crippen molar-refractivity contribution in [1.29, 1.82) is 0 Å². The maximum Gasteiger partial charge on any atom is 0.113 e. The van der Waals surface area contributed by atoms with Crippen LogP contribution in [0.2, 0.25) is 0 Å². The third-order valence-corrected chi connectivity index (χ3v) is 4.63. The van der Waals surface area contributed by atoms with Crippen molar-refractivity contribution in [1.82, 2.24) is 9.55 Å². The van der Waals surface area contributed by atoms with E-state index in [-0.39, 0.29) is 6.04 Å². The Morgan fingerprint density at radius 1 is 0.680 bits per heavy atom. The number of nitrogens with zero attached hydrogens (tertiary/aromatic N) is 2. The summed E-state index contributed by atoms with van der Waals surface area (Å²) in [5.41, 5.74) is 4.80. The molecule has 124 valence electrons. The molecule has 0 unspecified atom stereocenters. The fraction of sp³-hybridized carbons (Fsp3) is 0.174. The van der Waals surface area contributed by atoms with Gasteiger partial charge in [0.15, 0.2) is 0 Å². The highest BCUT2D eigenvalue weighted by Gasteiger charge is 2.23. The summed E-state index contributed by atoms with van der Waals surface area (Å²) < 4.78 is 2.41. The van der Waals surface area contributed by atoms with E-state index in [1.165, 1.54) is 16.6 Å². The number of para-hydroxylation sites is 2. The van der Waals surface area contributed by atoms with E-state index < -0.39 is 0 Å². The van der Waals surface area contributed by atoms with Gasteiger partial charge in [0.05, 0.1) is 17.1 Å². The van der Waals surface area contributed by atoms with Crippen molar-refractivity contribution in [3.05, 3.63) is 102 Å². The maximum absolute atomic E-state index is 4.95. The molecule has 1 heterocycles. The molecule has 0 atom stereocenters. The Balaban J connectivity index is 2.03. The van der Waals surface area contributed by atoms with Gasteiger partial charge in [-0.15, -0.1) is 0 Å². The Morgan fingerprint density at radius 3 is 1.76 bits per heavy atom. The molecule has 4 aromatic rings. The number of hydrogen-bond donors (Lipinski definition) is 0. The van der Waals surface area contributed by atoms with Crippen LogP contribution in [0.3, 0.4) is 0 Å². The minimum atomic E-state index is 0.118. The Kier molecular flexibility index (Phi) is 4.10. The second kappa shape index (κ2) is 6.56. The standard InChI is InChI=1S/C23H22N2/c1-17(2)23-24-20-15-9-10-16-21(20)25(23)22(18-11-5-3-6-12-18)19-13-7-4-8-14-19/h3-17,22H,1-2H3. The van der Waals surface area contributed by atoms with Crippen molar-refractivity contribution >= 4 is 11.0 Å². The molecule has 0 aliphatic heterocycles. The number of hydrogen-bond acceptors (Lipinski definition) is 1. The lowest BCUT2D eigenvalue weighted by molar-refractivity contribution is 0.619. The number of fused-ring (bicyclic) bond motifs is 1. The van der Waals surface area contributed by atoms with Gasteiger partial charge in [0.2, 0.25) is 0 Å². The van der Waals surface area contributed by atoms with Crippen LogP contribution in [0, 0.1) is 0 Å². The van der Waals surface area contributed by atoms with Crippen LogP contribution in [0.15, 0.2) is 84.9 Å². The largest absolute Gasteiger partial charge is 0.316 e. The van der Waals surface area contributed by atoms with E-state index in [1.807, 2.05) is 0 Å². The minimum absolute atomic E-state index is 0.118. The van der Waals surface area contributed by atoms with Crippen LogP contribution in [0.25, 0.3) is 11.0 Å². The van der Waals surface area contributed by atoms with E-state index in [2.05, 4.69) is 103 Å². The monoisotopic (exact) mass is 326 g/mol. The molecule has 0 saturated carbocycles. The van der Waals surface area contributed by atoms with Gasteiger partial charge in [-0.3, -0.25) is 0 Å². The molecule has 0 N–H and O–H groups in total. The van der Waals surface area contributed by atoms with Gasteiger partial charge in [-0.25, -0.2) is 4.98 Å². The normalized spacial score (nSPS) is 11.5. The molecule has 0 aliphatic rings. The Bertz CT molecular complexity index is 929. The predicted molar refractivity (Wildman–Crippen MR) is 104 cm³/mol. The zero-order valence-electron chi connectivity index (χ0n) is 14.6. The molecule has 0 saturated heterocycles. The summed E-state index contributed by atoms with van der Waals surface area (Å²) in [5.74, 6) is 1.47. The predicted octanol–water partition coefficient (Wildman–Crippen LogP) is 5.80. The summed E-state index contributed by atoms with van der Waals surface area (Å²) in [6.45, 7) is 4.43. The molecule has 1 aromatic heterocycles. The third-order valence-electron chi connectivity index (χ3n) is 4.63. The smallest absolute Gasteiger partial charge is 0.113 e. The van der Waals surface area contributed by atoms with Gasteiger partial charge in [0.25, 0.3) is 0 Å². The summed E-state index contributed by atoms with van der Waals surface area (Å²) in [6, 6.07) is 30.0. The SMILES string of the molecule is CC(C)c1nc2ccccc2n1C(c1ccccc1)c1ccccc1. The van der Waals surface area contributed by atoms with Gasteiger partial charge in [0.1, 0.15) is 5.82 Å². The molecule has 2 nitrogen and oxygen atoms in total. The quantitative estimate of drug-likeness (QED) is 0.463. The number of imidazole rings is 1. The zero-order chi connectivity index (χ0) is 17.2. The van der Waals surface area contributed by atoms with Gasteiger partial charge in [-0.05, 0) is 23.3 Å². The van der Waals surface area contributed by atoms with E-state index in [0.29, 0.717) is 5.92 Å². The highest BCUT2D eigenvalue weighted by Crippen LogP contribution is 2.33. The first-order valence-corrected chi connectivity index (χ1v) is 8.82. The summed E-state index contributed by atoms with van der Waals surface area (Å²) in [6.07, 6.45) is 0. The fourth-order valence-electron chi connectivity index (χ4n) is 3.50. The first-order valence-electron chi connectivity index (χ1n) is 8.82. The van der Waals surface area contributed by atoms with Crippen molar-refractivity contribution in [2.24, 2.45) is 0 Å². The average molecular weight is 326 g/mol. The molecule has 4 rings (SSSR count). The molecule has 0 fully saturated rings. The highest BCUT2D eigenvalue weighted by atomic mass is 15.1. The van der Waals surface area contributed by atoms with Crippen molar-refractivity contribution in [2.45, 2.75) is 25.8 Å². The first kappa shape index (κ1) is 15.6. The third kappa shape index (κ3) is 2.85. The highest BCUT2D eigenvalue weighted by molar-refractivity contribution is 5.76. The van der Waals surface area contributed by atoms with Crippen molar-refractivity contribution in [3.8, 4) is 0 Å². The molecule has 25 heavy (non-hydrogen) atoms. The number of rotatable bonds is 4. The van der Waals surface area contributed by atoms with Gasteiger partial charge in [-0.1, -0.05) is 86.6 Å². The van der Waals surface area contributed by atoms with Gasteiger partial charge >= 0.3 is 0 Å². The van der Waals surface area contributed by atoms with Crippen molar-refractivity contribution in [2.75, 3.05) is 0 Å². The molecule has 2 heteroatoms. The van der Waals surface area contributed by atoms with Gasteiger partial charge < -0.3 is 4.57 Å². The minimum Gasteiger partial charge on any atom is -0.316 e. The second-order valence-electron chi connectivity index (χ2n) is 6.71. The van der Waals surface area contributed by atoms with Crippen LogP contribution in [-0.2, 0) is 0 Å². The molecular weight excluding hydrogens is 304 g/mol. The van der Waals surface area contributed by atoms with Gasteiger partial charge in [0, 0.05) is 5.92 Å². The van der Waals surface area contributed by atoms with Crippen molar-refractivity contribution < 1.29 is 0 Å². The maximum atomic E-state index is 4.95. The molecular formula is C23H22N2. The van der Waals surface area contributed by atoms with Crippen LogP contribution in [0.1, 0.15) is 42.8 Å². The first-order chi connectivity index (χ1) is 12.3. The van der Waals surface area contributed by atoms with E-state index in [1.54, 1.807) is 0 Å². The Hall–Kier alpha value is -2.87. The summed E-state index contributed by atoms with van der Waals surface area (Å²) in [5, 5.41) is 0. The lowest BCUT2D eigenvalue weighted by atomic mass is 9.97. The van der Waals surface area contributed by atoms with E-state index >= 15 is 0 Å². The van der Waals surface area contributed by atoms with Crippen LogP contribution >= 0.6 is 0 Å². The molecule has 0 aliphatic carbocycles. The van der Waals surface area contributed by atoms with Crippen molar-refractivity contribution in [3.63, 3.8) is 0 Å². The van der Waals surface area contributed by atoms with Crippen LogP contribution in [0.4, 0.5) is 0 Å². The summed E-state index contributed by atoms with van der Waals surface area (Å²) in [4.78, 5) is 4.95. The average Bonchev–Trinajstić information content (AvgIpc) is 3.04. The van der Waals surface area contributed by atoms with E-state index in [4.69, 9.17) is 4.98 Å². The Morgan fingerprint density at radius 2 is 1.20 bits per heavy atom. The van der Waals surface area contributed by atoms with E-state index in [9.17, 15) is 0 Å². The topological polar surface area (TPSA) is 17.8 Å². The number of aromatic nitrogens is 2. The number of benzene rings is 3. The van der Waals surface area contributed by atoms with Crippen LogP contribution in [0.5, 0.6) is 0 Å². The van der Waals surface area contributed by atoms with E-state index in [0.717, 1.165) is 11.3 Å². The molecule has 0 spiro atoms. The summed E-state index contributed by atoms with van der Waals surface area (Å²) >= 11 is 0. The summed E-state index contributed by atoms with van der Waals surface area (Å²) in [7, 11) is 0. The molecule has 0 amide bonds. The lowest BCUT2D eigenvalue weighted by Crippen LogP contribution is -2.16. The van der Waals surface area contributed by atoms with Gasteiger partial charge in [-0.2, -0.15) is 0 Å². The lowest BCUT2D eigenvalue weighted by Gasteiger charge is -2.24. The zero-order valence-corrected chi connectivity index (χ0v) is 14.6. The second-order valence-corrected chi connectivity index (χ2v) is 6.71. The Labute approximate surface area is 148 Å². The fourth-order valence-corrected chi connectivity index (χ4v) is 3.50. The van der Waals surface area contributed by atoms with Crippen LogP contribution in [-0.4, -0.2) is 9.55 Å². The van der Waals surface area contributed by atoms with Crippen LogP contribution < -0.4 is 0 Å².